The van der Waals surface area contributed by atoms with Gasteiger partial charge in [-0.05, 0) is 52.7 Å². The zero-order valence-electron chi connectivity index (χ0n) is 27.6. The second-order valence-corrected chi connectivity index (χ2v) is 13.0. The number of rotatable bonds is 4. The van der Waals surface area contributed by atoms with Crippen molar-refractivity contribution in [1.82, 2.24) is 19.9 Å². The van der Waals surface area contributed by atoms with Crippen LogP contribution >= 0.6 is 0 Å². The summed E-state index contributed by atoms with van der Waals surface area (Å²) < 4.78 is 13.1. The SMILES string of the molecule is c1ccc(-c2nc(-c3ccc4ccccc4c3)nc(-c3cc(-c4cccc5c4oc4ccccc45)cc4oc5nc6ccccc6cc5c34)n2)cc1. The first-order chi connectivity index (χ1) is 25.7. The van der Waals surface area contributed by atoms with Gasteiger partial charge in [-0.25, -0.2) is 19.9 Å². The number of fused-ring (bicyclic) bond motifs is 8. The summed E-state index contributed by atoms with van der Waals surface area (Å²) in [4.78, 5) is 20.4. The van der Waals surface area contributed by atoms with E-state index < -0.39 is 0 Å². The Morgan fingerprint density at radius 2 is 1.10 bits per heavy atom. The van der Waals surface area contributed by atoms with Crippen LogP contribution < -0.4 is 0 Å². The fraction of sp³-hybridized carbons (Fsp3) is 0. The van der Waals surface area contributed by atoms with E-state index in [0.717, 1.165) is 82.2 Å². The smallest absolute Gasteiger partial charge is 0.227 e. The predicted molar refractivity (Wildman–Crippen MR) is 209 cm³/mol. The van der Waals surface area contributed by atoms with Gasteiger partial charge >= 0.3 is 0 Å². The first-order valence-electron chi connectivity index (χ1n) is 17.2. The lowest BCUT2D eigenvalue weighted by Crippen LogP contribution is -2.00. The van der Waals surface area contributed by atoms with Crippen LogP contribution in [0.5, 0.6) is 0 Å². The topological polar surface area (TPSA) is 77.8 Å². The minimum absolute atomic E-state index is 0.538. The summed E-state index contributed by atoms with van der Waals surface area (Å²) >= 11 is 0. The maximum atomic E-state index is 6.62. The van der Waals surface area contributed by atoms with E-state index in [-0.39, 0.29) is 0 Å². The third kappa shape index (κ3) is 4.51. The van der Waals surface area contributed by atoms with E-state index in [9.17, 15) is 0 Å². The van der Waals surface area contributed by atoms with Crippen LogP contribution in [0.4, 0.5) is 0 Å². The van der Waals surface area contributed by atoms with E-state index >= 15 is 0 Å². The van der Waals surface area contributed by atoms with Gasteiger partial charge in [0.25, 0.3) is 0 Å². The number of furan rings is 2. The van der Waals surface area contributed by atoms with Crippen molar-refractivity contribution < 1.29 is 8.83 Å². The molecule has 0 aliphatic carbocycles. The van der Waals surface area contributed by atoms with Crippen LogP contribution in [-0.2, 0) is 0 Å². The van der Waals surface area contributed by atoms with Gasteiger partial charge in [0.05, 0.1) is 5.52 Å². The number of pyridine rings is 1. The van der Waals surface area contributed by atoms with Gasteiger partial charge in [0.15, 0.2) is 17.5 Å². The number of nitrogens with zero attached hydrogens (tertiary/aromatic N) is 4. The van der Waals surface area contributed by atoms with E-state index in [4.69, 9.17) is 28.8 Å². The molecule has 0 atom stereocenters. The summed E-state index contributed by atoms with van der Waals surface area (Å²) in [6.07, 6.45) is 0. The standard InChI is InChI=1S/C46H26N4O2/c1-2-12-28(13-3-1)43-48-44(31-22-21-27-11-4-5-14-29(27)23-31)50-45(49-43)36-25-32(33-17-10-18-35-34-16-7-9-20-39(34)51-42(33)35)26-40-41(36)37-24-30-15-6-8-19-38(30)47-46(37)52-40/h1-26H. The van der Waals surface area contributed by atoms with Crippen LogP contribution in [0, 0.1) is 0 Å². The fourth-order valence-corrected chi connectivity index (χ4v) is 7.41. The third-order valence-electron chi connectivity index (χ3n) is 9.90. The van der Waals surface area contributed by atoms with Crippen LogP contribution in [0.15, 0.2) is 167 Å². The van der Waals surface area contributed by atoms with Crippen LogP contribution in [0.3, 0.4) is 0 Å². The van der Waals surface area contributed by atoms with Crippen molar-refractivity contribution in [3.8, 4) is 45.3 Å². The number of benzene rings is 7. The molecule has 11 aromatic rings. The summed E-state index contributed by atoms with van der Waals surface area (Å²) in [6.45, 7) is 0. The maximum Gasteiger partial charge on any atom is 0.227 e. The molecule has 0 fully saturated rings. The molecule has 0 unspecified atom stereocenters. The number of hydrogen-bond donors (Lipinski definition) is 0. The summed E-state index contributed by atoms with van der Waals surface area (Å²) in [5, 5.41) is 7.21. The van der Waals surface area contributed by atoms with Crippen LogP contribution in [0.2, 0.25) is 0 Å². The zero-order chi connectivity index (χ0) is 34.2. The van der Waals surface area contributed by atoms with Crippen molar-refractivity contribution in [2.75, 3.05) is 0 Å². The van der Waals surface area contributed by atoms with E-state index in [1.165, 1.54) is 0 Å². The minimum Gasteiger partial charge on any atom is -0.455 e. The van der Waals surface area contributed by atoms with E-state index in [0.29, 0.717) is 28.8 Å². The normalized spacial score (nSPS) is 11.8. The summed E-state index contributed by atoms with van der Waals surface area (Å²) in [7, 11) is 0. The lowest BCUT2D eigenvalue weighted by Gasteiger charge is -2.11. The quantitative estimate of drug-likeness (QED) is 0.186. The number of hydrogen-bond acceptors (Lipinski definition) is 6. The van der Waals surface area contributed by atoms with Gasteiger partial charge in [-0.3, -0.25) is 0 Å². The Hall–Kier alpha value is -7.18. The highest BCUT2D eigenvalue weighted by Gasteiger charge is 2.22. The molecule has 0 amide bonds. The Balaban J connectivity index is 1.23. The third-order valence-corrected chi connectivity index (χ3v) is 9.90. The second kappa shape index (κ2) is 11.2. The molecule has 4 aromatic heterocycles. The molecule has 0 radical (unpaired) electrons. The van der Waals surface area contributed by atoms with E-state index in [1.807, 2.05) is 78.9 Å². The molecule has 11 rings (SSSR count). The van der Waals surface area contributed by atoms with Gasteiger partial charge in [0.2, 0.25) is 5.71 Å². The molecule has 0 aliphatic heterocycles. The van der Waals surface area contributed by atoms with Gasteiger partial charge in [-0.2, -0.15) is 0 Å². The number of aromatic nitrogens is 4. The molecule has 0 saturated heterocycles. The van der Waals surface area contributed by atoms with Gasteiger partial charge in [0.1, 0.15) is 16.7 Å². The second-order valence-electron chi connectivity index (χ2n) is 13.0. The highest BCUT2D eigenvalue weighted by atomic mass is 16.3. The van der Waals surface area contributed by atoms with E-state index in [2.05, 4.69) is 78.9 Å². The minimum atomic E-state index is 0.538. The van der Waals surface area contributed by atoms with Gasteiger partial charge in [0, 0.05) is 49.2 Å². The summed E-state index contributed by atoms with van der Waals surface area (Å²) in [5.74, 6) is 1.71. The molecule has 242 valence electrons. The van der Waals surface area contributed by atoms with Crippen molar-refractivity contribution >= 4 is 65.7 Å². The Labute approximate surface area is 296 Å². The molecular formula is C46H26N4O2. The Morgan fingerprint density at radius 3 is 2.00 bits per heavy atom. The lowest BCUT2D eigenvalue weighted by atomic mass is 9.96. The zero-order valence-corrected chi connectivity index (χ0v) is 27.6. The van der Waals surface area contributed by atoms with Gasteiger partial charge < -0.3 is 8.83 Å². The van der Waals surface area contributed by atoms with Crippen molar-refractivity contribution in [3.63, 3.8) is 0 Å². The molecular weight excluding hydrogens is 641 g/mol. The first kappa shape index (κ1) is 28.6. The molecule has 6 nitrogen and oxygen atoms in total. The van der Waals surface area contributed by atoms with E-state index in [1.54, 1.807) is 0 Å². The summed E-state index contributed by atoms with van der Waals surface area (Å²) in [5.41, 5.74) is 8.26. The summed E-state index contributed by atoms with van der Waals surface area (Å²) in [6, 6.07) is 53.6. The average Bonchev–Trinajstić information content (AvgIpc) is 3.77. The molecule has 0 aliphatic rings. The molecule has 7 aromatic carbocycles. The van der Waals surface area contributed by atoms with Gasteiger partial charge in [-0.15, -0.1) is 0 Å². The van der Waals surface area contributed by atoms with Crippen molar-refractivity contribution in [2.24, 2.45) is 0 Å². The fourth-order valence-electron chi connectivity index (χ4n) is 7.41. The Kier molecular flexibility index (Phi) is 6.15. The Morgan fingerprint density at radius 1 is 0.365 bits per heavy atom. The molecule has 0 N–H and O–H groups in total. The van der Waals surface area contributed by atoms with Crippen LogP contribution in [0.25, 0.3) is 111 Å². The van der Waals surface area contributed by atoms with Crippen LogP contribution in [0.1, 0.15) is 0 Å². The monoisotopic (exact) mass is 666 g/mol. The number of para-hydroxylation sites is 3. The van der Waals surface area contributed by atoms with Crippen LogP contribution in [-0.4, -0.2) is 19.9 Å². The molecule has 0 bridgehead atoms. The first-order valence-corrected chi connectivity index (χ1v) is 17.2. The largest absolute Gasteiger partial charge is 0.455 e. The molecule has 52 heavy (non-hydrogen) atoms. The molecule has 4 heterocycles. The van der Waals surface area contributed by atoms with Gasteiger partial charge in [-0.1, -0.05) is 121 Å². The molecule has 0 spiro atoms. The van der Waals surface area contributed by atoms with Crippen molar-refractivity contribution in [2.45, 2.75) is 0 Å². The van der Waals surface area contributed by atoms with Crippen molar-refractivity contribution in [3.05, 3.63) is 158 Å². The lowest BCUT2D eigenvalue weighted by molar-refractivity contribution is 0.656. The highest BCUT2D eigenvalue weighted by molar-refractivity contribution is 6.16. The molecule has 6 heteroatoms. The molecule has 0 saturated carbocycles. The predicted octanol–water partition coefficient (Wildman–Crippen LogP) is 12.0. The van der Waals surface area contributed by atoms with Crippen molar-refractivity contribution in [1.29, 1.82) is 0 Å². The maximum absolute atomic E-state index is 6.62. The highest BCUT2D eigenvalue weighted by Crippen LogP contribution is 2.43. The Bertz CT molecular complexity index is 3200. The average molecular weight is 667 g/mol.